The van der Waals surface area contributed by atoms with Crippen LogP contribution in [0.2, 0.25) is 5.02 Å². The maximum atomic E-state index is 12.4. The van der Waals surface area contributed by atoms with Gasteiger partial charge >= 0.3 is 0 Å². The number of halogens is 1. The van der Waals surface area contributed by atoms with E-state index in [9.17, 15) is 10.1 Å². The summed E-state index contributed by atoms with van der Waals surface area (Å²) in [6.07, 6.45) is 0. The number of nitriles is 1. The summed E-state index contributed by atoms with van der Waals surface area (Å²) >= 11 is 6.50. The van der Waals surface area contributed by atoms with Crippen LogP contribution >= 0.6 is 11.6 Å². The first kappa shape index (κ1) is 23.8. The molecule has 0 aliphatic carbocycles. The van der Waals surface area contributed by atoms with Crippen LogP contribution in [0.4, 0.5) is 5.69 Å². The number of hydrogen-bond donors (Lipinski definition) is 1. The van der Waals surface area contributed by atoms with E-state index in [1.54, 1.807) is 30.3 Å². The molecule has 0 unspecified atom stereocenters. The van der Waals surface area contributed by atoms with Crippen molar-refractivity contribution >= 4 is 23.2 Å². The van der Waals surface area contributed by atoms with Crippen molar-refractivity contribution in [1.29, 1.82) is 5.26 Å². The van der Waals surface area contributed by atoms with E-state index in [0.29, 0.717) is 39.0 Å². The van der Waals surface area contributed by atoms with Crippen LogP contribution < -0.4 is 10.1 Å². The second-order valence-electron chi connectivity index (χ2n) is 8.16. The van der Waals surface area contributed by atoms with Crippen molar-refractivity contribution in [2.75, 3.05) is 5.32 Å². The average molecular weight is 502 g/mol. The number of rotatable bonds is 6. The number of para-hydroxylation sites is 1. The zero-order valence-electron chi connectivity index (χ0n) is 19.6. The molecule has 5 aromatic rings. The minimum atomic E-state index is -0.185. The highest BCUT2D eigenvalue weighted by Gasteiger charge is 2.15. The van der Waals surface area contributed by atoms with Crippen molar-refractivity contribution in [3.8, 4) is 40.1 Å². The predicted octanol–water partition coefficient (Wildman–Crippen LogP) is 7.99. The van der Waals surface area contributed by atoms with Crippen LogP contribution in [-0.4, -0.2) is 10.9 Å². The van der Waals surface area contributed by atoms with E-state index < -0.39 is 0 Å². The van der Waals surface area contributed by atoms with Gasteiger partial charge in [0.25, 0.3) is 5.91 Å². The van der Waals surface area contributed by atoms with Gasteiger partial charge in [0.1, 0.15) is 17.6 Å². The summed E-state index contributed by atoms with van der Waals surface area (Å²) in [6.45, 7) is 0. The van der Waals surface area contributed by atoms with Crippen molar-refractivity contribution in [3.63, 3.8) is 0 Å². The van der Waals surface area contributed by atoms with Gasteiger partial charge in [-0.15, -0.1) is 0 Å². The number of carbonyl (C=O) groups is 1. The van der Waals surface area contributed by atoms with Crippen molar-refractivity contribution in [2.24, 2.45) is 0 Å². The number of hydrogen-bond acceptors (Lipinski definition) is 4. The van der Waals surface area contributed by atoms with Gasteiger partial charge in [-0.2, -0.15) is 5.26 Å². The van der Waals surface area contributed by atoms with Gasteiger partial charge < -0.3 is 10.1 Å². The summed E-state index contributed by atoms with van der Waals surface area (Å²) in [4.78, 5) is 17.2. The Bertz CT molecular complexity index is 1580. The smallest absolute Gasteiger partial charge is 0.255 e. The molecule has 6 heteroatoms. The molecule has 0 bridgehead atoms. The number of amides is 1. The van der Waals surface area contributed by atoms with Gasteiger partial charge in [0.05, 0.1) is 22.0 Å². The van der Waals surface area contributed by atoms with E-state index in [1.165, 1.54) is 0 Å². The highest BCUT2D eigenvalue weighted by molar-refractivity contribution is 6.32. The molecule has 0 radical (unpaired) electrons. The Kier molecular flexibility index (Phi) is 6.93. The number of aromatic nitrogens is 1. The quantitative estimate of drug-likeness (QED) is 0.256. The molecule has 37 heavy (non-hydrogen) atoms. The fourth-order valence-electron chi connectivity index (χ4n) is 3.80. The number of anilines is 1. The molecule has 5 rings (SSSR count). The van der Waals surface area contributed by atoms with Crippen molar-refractivity contribution in [3.05, 3.63) is 131 Å². The minimum absolute atomic E-state index is 0.185. The molecule has 0 aliphatic heterocycles. The third-order valence-corrected chi connectivity index (χ3v) is 5.96. The molecule has 1 amide bonds. The molecule has 0 spiro atoms. The van der Waals surface area contributed by atoms with Crippen molar-refractivity contribution in [2.45, 2.75) is 0 Å². The van der Waals surface area contributed by atoms with E-state index in [1.807, 2.05) is 84.9 Å². The first-order valence-electron chi connectivity index (χ1n) is 11.5. The number of benzene rings is 4. The summed E-state index contributed by atoms with van der Waals surface area (Å²) < 4.78 is 5.87. The summed E-state index contributed by atoms with van der Waals surface area (Å²) in [5.41, 5.74) is 4.18. The Morgan fingerprint density at radius 3 is 2.03 bits per heavy atom. The van der Waals surface area contributed by atoms with Crippen molar-refractivity contribution < 1.29 is 9.53 Å². The van der Waals surface area contributed by atoms with Gasteiger partial charge in [-0.3, -0.25) is 4.79 Å². The summed E-state index contributed by atoms with van der Waals surface area (Å²) in [7, 11) is 0. The largest absolute Gasteiger partial charge is 0.457 e. The Morgan fingerprint density at radius 1 is 0.784 bits per heavy atom. The molecule has 1 heterocycles. The van der Waals surface area contributed by atoms with E-state index in [4.69, 9.17) is 21.3 Å². The fraction of sp³-hybridized carbons (Fsp3) is 0. The van der Waals surface area contributed by atoms with E-state index in [2.05, 4.69) is 11.4 Å². The van der Waals surface area contributed by atoms with Gasteiger partial charge in [-0.25, -0.2) is 4.98 Å². The van der Waals surface area contributed by atoms with Crippen LogP contribution in [0.5, 0.6) is 11.5 Å². The number of nitrogens with one attached hydrogen (secondary N) is 1. The molecular weight excluding hydrogens is 482 g/mol. The van der Waals surface area contributed by atoms with Crippen LogP contribution in [0, 0.1) is 11.3 Å². The molecule has 0 atom stereocenters. The molecule has 0 aliphatic rings. The molecule has 5 nitrogen and oxygen atoms in total. The molecule has 178 valence electrons. The highest BCUT2D eigenvalue weighted by Crippen LogP contribution is 2.33. The van der Waals surface area contributed by atoms with Gasteiger partial charge in [-0.05, 0) is 66.7 Å². The zero-order valence-corrected chi connectivity index (χ0v) is 20.3. The van der Waals surface area contributed by atoms with E-state index in [-0.39, 0.29) is 5.91 Å². The lowest BCUT2D eigenvalue weighted by atomic mass is 10.0. The Morgan fingerprint density at radius 2 is 1.38 bits per heavy atom. The van der Waals surface area contributed by atoms with Crippen LogP contribution in [0.15, 0.2) is 115 Å². The lowest BCUT2D eigenvalue weighted by Crippen LogP contribution is -2.11. The summed E-state index contributed by atoms with van der Waals surface area (Å²) in [5.74, 6) is 1.22. The second kappa shape index (κ2) is 10.8. The maximum Gasteiger partial charge on any atom is 0.255 e. The molecule has 4 aromatic carbocycles. The van der Waals surface area contributed by atoms with Gasteiger partial charge in [-0.1, -0.05) is 60.1 Å². The number of pyridine rings is 1. The lowest BCUT2D eigenvalue weighted by molar-refractivity contribution is 0.102. The zero-order chi connectivity index (χ0) is 25.6. The SMILES string of the molecule is N#Cc1c(Cl)cc(-c2ccc(NC(=O)c3ccccc3)cc2)nc1-c1ccc(Oc2ccccc2)cc1. The monoisotopic (exact) mass is 501 g/mol. The van der Waals surface area contributed by atoms with Crippen LogP contribution in [0.1, 0.15) is 15.9 Å². The highest BCUT2D eigenvalue weighted by atomic mass is 35.5. The summed E-state index contributed by atoms with van der Waals surface area (Å²) in [5, 5.41) is 12.9. The molecule has 1 N–H and O–H groups in total. The number of ether oxygens (including phenoxy) is 1. The Hall–Kier alpha value is -4.92. The molecule has 0 fully saturated rings. The predicted molar refractivity (Wildman–Crippen MR) is 146 cm³/mol. The van der Waals surface area contributed by atoms with Crippen LogP contribution in [0.3, 0.4) is 0 Å². The first-order chi connectivity index (χ1) is 18.1. The number of carbonyl (C=O) groups excluding carboxylic acids is 1. The first-order valence-corrected chi connectivity index (χ1v) is 11.9. The van der Waals surface area contributed by atoms with E-state index >= 15 is 0 Å². The number of nitrogens with zero attached hydrogens (tertiary/aromatic N) is 2. The van der Waals surface area contributed by atoms with E-state index in [0.717, 1.165) is 16.9 Å². The Labute approximate surface area is 219 Å². The standard InChI is InChI=1S/C31H20ClN3O2/c32-28-19-29(21-11-15-24(16-12-21)34-31(36)23-7-3-1-4-8-23)35-30(27(28)20-33)22-13-17-26(18-14-22)37-25-9-5-2-6-10-25/h1-19H,(H,34,36). The molecule has 1 aromatic heterocycles. The minimum Gasteiger partial charge on any atom is -0.457 e. The van der Waals surface area contributed by atoms with Crippen molar-refractivity contribution in [1.82, 2.24) is 4.98 Å². The lowest BCUT2D eigenvalue weighted by Gasteiger charge is -2.11. The third-order valence-electron chi connectivity index (χ3n) is 5.66. The maximum absolute atomic E-state index is 12.4. The third kappa shape index (κ3) is 5.51. The second-order valence-corrected chi connectivity index (χ2v) is 8.57. The van der Waals surface area contributed by atoms with Gasteiger partial charge in [0.15, 0.2) is 0 Å². The molecule has 0 saturated heterocycles. The molecule has 0 saturated carbocycles. The average Bonchev–Trinajstić information content (AvgIpc) is 2.94. The topological polar surface area (TPSA) is 75.0 Å². The molecular formula is C31H20ClN3O2. The van der Waals surface area contributed by atoms with Gasteiger partial charge in [0.2, 0.25) is 0 Å². The Balaban J connectivity index is 1.40. The van der Waals surface area contributed by atoms with Crippen LogP contribution in [0.25, 0.3) is 22.5 Å². The van der Waals surface area contributed by atoms with Gasteiger partial charge in [0, 0.05) is 22.4 Å². The fourth-order valence-corrected chi connectivity index (χ4v) is 4.03. The van der Waals surface area contributed by atoms with Crippen LogP contribution in [-0.2, 0) is 0 Å². The summed E-state index contributed by atoms with van der Waals surface area (Å²) in [6, 6.07) is 37.0. The normalized spacial score (nSPS) is 10.4.